The first-order chi connectivity index (χ1) is 11.7. The Hall–Kier alpha value is -1.80. The molecule has 2 heteroatoms. The summed E-state index contributed by atoms with van der Waals surface area (Å²) in [4.78, 5) is 2.69. The molecule has 0 spiro atoms. The summed E-state index contributed by atoms with van der Waals surface area (Å²) in [7, 11) is 0. The predicted octanol–water partition coefficient (Wildman–Crippen LogP) is 5.04. The first-order valence-corrected chi connectivity index (χ1v) is 9.37. The van der Waals surface area contributed by atoms with Crippen LogP contribution in [0.25, 0.3) is 11.1 Å². The summed E-state index contributed by atoms with van der Waals surface area (Å²) >= 11 is 0. The quantitative estimate of drug-likeness (QED) is 0.805. The average molecular weight is 323 g/mol. The van der Waals surface area contributed by atoms with Gasteiger partial charge in [0.1, 0.15) is 5.75 Å². The SMILES string of the molecule is CCCN(CCC)[C@@H]1CCc2cccc(-c3ccc(O)cc3)c2C1. The van der Waals surface area contributed by atoms with E-state index in [9.17, 15) is 5.11 Å². The molecule has 3 rings (SSSR count). The molecule has 0 fully saturated rings. The number of fused-ring (bicyclic) bond motifs is 1. The van der Waals surface area contributed by atoms with E-state index in [1.807, 2.05) is 12.1 Å². The molecule has 0 aliphatic heterocycles. The fourth-order valence-electron chi connectivity index (χ4n) is 4.04. The molecule has 24 heavy (non-hydrogen) atoms. The van der Waals surface area contributed by atoms with Crippen LogP contribution < -0.4 is 0 Å². The van der Waals surface area contributed by atoms with Gasteiger partial charge in [0.15, 0.2) is 0 Å². The molecular weight excluding hydrogens is 294 g/mol. The van der Waals surface area contributed by atoms with Gasteiger partial charge in [-0.1, -0.05) is 44.2 Å². The van der Waals surface area contributed by atoms with E-state index in [1.165, 1.54) is 61.0 Å². The first-order valence-electron chi connectivity index (χ1n) is 9.37. The predicted molar refractivity (Wildman–Crippen MR) is 102 cm³/mol. The van der Waals surface area contributed by atoms with Crippen LogP contribution in [0.5, 0.6) is 5.75 Å². The molecular formula is C22H29NO. The fraction of sp³-hybridized carbons (Fsp3) is 0.455. The van der Waals surface area contributed by atoms with Crippen LogP contribution in [0.1, 0.15) is 44.2 Å². The van der Waals surface area contributed by atoms with Gasteiger partial charge < -0.3 is 10.0 Å². The molecule has 0 saturated carbocycles. The zero-order valence-electron chi connectivity index (χ0n) is 15.0. The third-order valence-electron chi connectivity index (χ3n) is 5.18. The van der Waals surface area contributed by atoms with Crippen LogP contribution in [-0.2, 0) is 12.8 Å². The summed E-state index contributed by atoms with van der Waals surface area (Å²) in [6, 6.07) is 15.0. The molecule has 0 saturated heterocycles. The van der Waals surface area contributed by atoms with Crippen LogP contribution in [0.2, 0.25) is 0 Å². The van der Waals surface area contributed by atoms with Gasteiger partial charge in [-0.25, -0.2) is 0 Å². The average Bonchev–Trinajstić information content (AvgIpc) is 2.61. The van der Waals surface area contributed by atoms with Crippen LogP contribution in [0.15, 0.2) is 42.5 Å². The number of aryl methyl sites for hydroxylation is 1. The summed E-state index contributed by atoms with van der Waals surface area (Å²) in [6.45, 7) is 6.97. The van der Waals surface area contributed by atoms with Crippen molar-refractivity contribution in [1.82, 2.24) is 4.90 Å². The lowest BCUT2D eigenvalue weighted by molar-refractivity contribution is 0.180. The Balaban J connectivity index is 1.90. The van der Waals surface area contributed by atoms with Gasteiger partial charge in [0.2, 0.25) is 0 Å². The second kappa shape index (κ2) is 7.85. The maximum Gasteiger partial charge on any atom is 0.115 e. The second-order valence-electron chi connectivity index (χ2n) is 6.92. The number of phenols is 1. The van der Waals surface area contributed by atoms with Gasteiger partial charge in [-0.15, -0.1) is 0 Å². The first kappa shape index (κ1) is 17.0. The number of aromatic hydroxyl groups is 1. The number of nitrogens with zero attached hydrogens (tertiary/aromatic N) is 1. The summed E-state index contributed by atoms with van der Waals surface area (Å²) < 4.78 is 0. The molecule has 1 N–H and O–H groups in total. The minimum atomic E-state index is 0.332. The monoisotopic (exact) mass is 323 g/mol. The van der Waals surface area contributed by atoms with Gasteiger partial charge in [-0.05, 0) is 79.6 Å². The molecule has 0 heterocycles. The highest BCUT2D eigenvalue weighted by Gasteiger charge is 2.25. The summed E-state index contributed by atoms with van der Waals surface area (Å²) in [6.07, 6.45) is 6.04. The van der Waals surface area contributed by atoms with Crippen molar-refractivity contribution in [2.24, 2.45) is 0 Å². The molecule has 1 atom stereocenters. The lowest BCUT2D eigenvalue weighted by atomic mass is 9.83. The van der Waals surface area contributed by atoms with Crippen molar-refractivity contribution in [3.8, 4) is 16.9 Å². The van der Waals surface area contributed by atoms with Crippen LogP contribution in [0.3, 0.4) is 0 Å². The van der Waals surface area contributed by atoms with E-state index >= 15 is 0 Å². The van der Waals surface area contributed by atoms with Gasteiger partial charge in [-0.3, -0.25) is 0 Å². The molecule has 0 amide bonds. The fourth-order valence-corrected chi connectivity index (χ4v) is 4.04. The standard InChI is InChI=1S/C22H29NO/c1-3-14-23(15-4-2)19-11-8-17-6-5-7-21(22(17)16-19)18-9-12-20(24)13-10-18/h5-7,9-10,12-13,19,24H,3-4,8,11,14-16H2,1-2H3/t19-/m1/s1. The third-order valence-corrected chi connectivity index (χ3v) is 5.18. The maximum atomic E-state index is 9.57. The van der Waals surface area contributed by atoms with E-state index in [2.05, 4.69) is 36.9 Å². The van der Waals surface area contributed by atoms with Crippen LogP contribution in [0.4, 0.5) is 0 Å². The van der Waals surface area contributed by atoms with E-state index in [0.717, 1.165) is 6.42 Å². The summed E-state index contributed by atoms with van der Waals surface area (Å²) in [5.41, 5.74) is 5.56. The molecule has 2 aromatic carbocycles. The highest BCUT2D eigenvalue weighted by molar-refractivity contribution is 5.69. The van der Waals surface area contributed by atoms with Crippen molar-refractivity contribution in [3.05, 3.63) is 53.6 Å². The molecule has 1 aliphatic carbocycles. The minimum absolute atomic E-state index is 0.332. The van der Waals surface area contributed by atoms with Gasteiger partial charge in [0.05, 0.1) is 0 Å². The molecule has 128 valence electrons. The van der Waals surface area contributed by atoms with Gasteiger partial charge in [0, 0.05) is 6.04 Å². The molecule has 2 nitrogen and oxygen atoms in total. The number of benzene rings is 2. The summed E-state index contributed by atoms with van der Waals surface area (Å²) in [5.74, 6) is 0.332. The second-order valence-corrected chi connectivity index (χ2v) is 6.92. The van der Waals surface area contributed by atoms with Crippen molar-refractivity contribution in [2.45, 2.75) is 52.0 Å². The van der Waals surface area contributed by atoms with Crippen molar-refractivity contribution in [1.29, 1.82) is 0 Å². The molecule has 0 bridgehead atoms. The van der Waals surface area contributed by atoms with E-state index in [1.54, 1.807) is 12.1 Å². The number of phenolic OH excluding ortho intramolecular Hbond substituents is 1. The third kappa shape index (κ3) is 3.64. The lowest BCUT2D eigenvalue weighted by Crippen LogP contribution is -2.40. The lowest BCUT2D eigenvalue weighted by Gasteiger charge is -2.36. The molecule has 0 radical (unpaired) electrons. The molecule has 2 aromatic rings. The number of hydrogen-bond acceptors (Lipinski definition) is 2. The highest BCUT2D eigenvalue weighted by Crippen LogP contribution is 2.33. The van der Waals surface area contributed by atoms with Gasteiger partial charge >= 0.3 is 0 Å². The van der Waals surface area contributed by atoms with E-state index in [-0.39, 0.29) is 0 Å². The van der Waals surface area contributed by atoms with Crippen molar-refractivity contribution in [2.75, 3.05) is 13.1 Å². The highest BCUT2D eigenvalue weighted by atomic mass is 16.3. The van der Waals surface area contributed by atoms with Crippen LogP contribution in [-0.4, -0.2) is 29.1 Å². The van der Waals surface area contributed by atoms with Gasteiger partial charge in [-0.2, -0.15) is 0 Å². The molecule has 0 unspecified atom stereocenters. The zero-order valence-corrected chi connectivity index (χ0v) is 15.0. The van der Waals surface area contributed by atoms with Crippen molar-refractivity contribution in [3.63, 3.8) is 0 Å². The number of hydrogen-bond donors (Lipinski definition) is 1. The van der Waals surface area contributed by atoms with Crippen molar-refractivity contribution < 1.29 is 5.11 Å². The maximum absolute atomic E-state index is 9.57. The Morgan fingerprint density at radius 3 is 2.38 bits per heavy atom. The zero-order chi connectivity index (χ0) is 16.9. The Bertz CT molecular complexity index is 656. The van der Waals surface area contributed by atoms with Crippen LogP contribution >= 0.6 is 0 Å². The normalized spacial score (nSPS) is 17.0. The van der Waals surface area contributed by atoms with E-state index in [4.69, 9.17) is 0 Å². The number of rotatable bonds is 6. The molecule has 1 aliphatic rings. The van der Waals surface area contributed by atoms with E-state index in [0.29, 0.717) is 11.8 Å². The summed E-state index contributed by atoms with van der Waals surface area (Å²) in [5, 5.41) is 9.57. The minimum Gasteiger partial charge on any atom is -0.508 e. The Morgan fingerprint density at radius 2 is 1.71 bits per heavy atom. The largest absolute Gasteiger partial charge is 0.508 e. The van der Waals surface area contributed by atoms with E-state index < -0.39 is 0 Å². The molecule has 0 aromatic heterocycles. The smallest absolute Gasteiger partial charge is 0.115 e. The topological polar surface area (TPSA) is 23.5 Å². The van der Waals surface area contributed by atoms with Gasteiger partial charge in [0.25, 0.3) is 0 Å². The Morgan fingerprint density at radius 1 is 1.00 bits per heavy atom. The Labute approximate surface area is 146 Å². The van der Waals surface area contributed by atoms with Crippen LogP contribution in [0, 0.1) is 0 Å². The Kier molecular flexibility index (Phi) is 5.57. The van der Waals surface area contributed by atoms with Crippen molar-refractivity contribution >= 4 is 0 Å².